The van der Waals surface area contributed by atoms with Crippen LogP contribution in [-0.2, 0) is 0 Å². The van der Waals surface area contributed by atoms with Crippen molar-refractivity contribution in [2.45, 2.75) is 33.7 Å². The highest BCUT2D eigenvalue weighted by molar-refractivity contribution is 6.08. The zero-order valence-electron chi connectivity index (χ0n) is 19.2. The minimum Gasteiger partial charge on any atom is -0.486 e. The summed E-state index contributed by atoms with van der Waals surface area (Å²) in [5.74, 6) is 1.15. The predicted molar refractivity (Wildman–Crippen MR) is 128 cm³/mol. The fourth-order valence-electron chi connectivity index (χ4n) is 3.87. The highest BCUT2D eigenvalue weighted by atomic mass is 16.6. The molecule has 0 spiro atoms. The lowest BCUT2D eigenvalue weighted by Crippen LogP contribution is -2.34. The van der Waals surface area contributed by atoms with E-state index in [-0.39, 0.29) is 18.0 Å². The van der Waals surface area contributed by atoms with Gasteiger partial charge in [0, 0.05) is 29.2 Å². The molecule has 0 atom stereocenters. The quantitative estimate of drug-likeness (QED) is 0.530. The molecule has 0 saturated carbocycles. The van der Waals surface area contributed by atoms with E-state index in [1.54, 1.807) is 24.3 Å². The standard InChI is InChI=1S/C25H28N4O4/c1-15(2)26-25(31)28-21-8-6-5-7-20(21)27-24(30)19-13-16(3)29(17(19)4)18-9-10-22-23(14-18)33-12-11-32-22/h5-10,13-15H,11-12H2,1-4H3,(H,27,30)(H2,26,28,31). The summed E-state index contributed by atoms with van der Waals surface area (Å²) in [5.41, 5.74) is 4.18. The number of carbonyl (C=O) groups excluding carboxylic acids is 2. The van der Waals surface area contributed by atoms with Crippen molar-refractivity contribution in [3.05, 3.63) is 65.5 Å². The first-order chi connectivity index (χ1) is 15.8. The summed E-state index contributed by atoms with van der Waals surface area (Å²) < 4.78 is 13.3. The molecule has 2 aromatic carbocycles. The first-order valence-electron chi connectivity index (χ1n) is 10.9. The molecule has 33 heavy (non-hydrogen) atoms. The van der Waals surface area contributed by atoms with Gasteiger partial charge in [-0.3, -0.25) is 4.79 Å². The Morgan fingerprint density at radius 3 is 2.27 bits per heavy atom. The van der Waals surface area contributed by atoms with Crippen molar-refractivity contribution in [3.8, 4) is 17.2 Å². The average molecular weight is 449 g/mol. The van der Waals surface area contributed by atoms with Gasteiger partial charge in [-0.05, 0) is 58.0 Å². The van der Waals surface area contributed by atoms with Crippen LogP contribution < -0.4 is 25.4 Å². The first kappa shape index (κ1) is 22.3. The van der Waals surface area contributed by atoms with Gasteiger partial charge in [0.1, 0.15) is 13.2 Å². The van der Waals surface area contributed by atoms with Crippen LogP contribution >= 0.6 is 0 Å². The molecule has 8 nitrogen and oxygen atoms in total. The number of hydrogen-bond donors (Lipinski definition) is 3. The fraction of sp³-hybridized carbons (Fsp3) is 0.280. The SMILES string of the molecule is Cc1cc(C(=O)Nc2ccccc2NC(=O)NC(C)C)c(C)n1-c1ccc2c(c1)OCCO2. The Kier molecular flexibility index (Phi) is 6.26. The summed E-state index contributed by atoms with van der Waals surface area (Å²) in [6.45, 7) is 8.66. The molecule has 0 radical (unpaired) electrons. The number of fused-ring (bicyclic) bond motifs is 1. The van der Waals surface area contributed by atoms with Gasteiger partial charge in [-0.15, -0.1) is 0 Å². The van der Waals surface area contributed by atoms with Gasteiger partial charge in [0.25, 0.3) is 5.91 Å². The van der Waals surface area contributed by atoms with Crippen LogP contribution in [0.4, 0.5) is 16.2 Å². The van der Waals surface area contributed by atoms with Crippen molar-refractivity contribution in [1.29, 1.82) is 0 Å². The summed E-state index contributed by atoms with van der Waals surface area (Å²) in [7, 11) is 0. The topological polar surface area (TPSA) is 93.6 Å². The summed E-state index contributed by atoms with van der Waals surface area (Å²) in [4.78, 5) is 25.3. The number of aromatic nitrogens is 1. The van der Waals surface area contributed by atoms with E-state index in [1.165, 1.54) is 0 Å². The third kappa shape index (κ3) is 4.79. The number of amides is 3. The van der Waals surface area contributed by atoms with Crippen LogP contribution in [0.5, 0.6) is 11.5 Å². The number of aryl methyl sites for hydroxylation is 1. The summed E-state index contributed by atoms with van der Waals surface area (Å²) in [5, 5.41) is 8.50. The molecule has 0 unspecified atom stereocenters. The number of ether oxygens (including phenoxy) is 2. The number of urea groups is 1. The third-order valence-electron chi connectivity index (χ3n) is 5.30. The molecule has 3 N–H and O–H groups in total. The lowest BCUT2D eigenvalue weighted by molar-refractivity contribution is 0.102. The Morgan fingerprint density at radius 2 is 1.58 bits per heavy atom. The van der Waals surface area contributed by atoms with E-state index >= 15 is 0 Å². The Morgan fingerprint density at radius 1 is 0.909 bits per heavy atom. The van der Waals surface area contributed by atoms with Gasteiger partial charge in [-0.25, -0.2) is 4.79 Å². The molecule has 3 aromatic rings. The Bertz CT molecular complexity index is 1200. The van der Waals surface area contributed by atoms with Crippen molar-refractivity contribution in [3.63, 3.8) is 0 Å². The minimum absolute atomic E-state index is 0.00213. The van der Waals surface area contributed by atoms with E-state index < -0.39 is 0 Å². The molecule has 0 saturated heterocycles. The number of anilines is 2. The second-order valence-electron chi connectivity index (χ2n) is 8.20. The number of carbonyl (C=O) groups is 2. The van der Waals surface area contributed by atoms with Gasteiger partial charge in [-0.1, -0.05) is 12.1 Å². The molecule has 1 aliphatic rings. The maximum atomic E-state index is 13.2. The Balaban J connectivity index is 1.58. The van der Waals surface area contributed by atoms with E-state index in [4.69, 9.17) is 9.47 Å². The van der Waals surface area contributed by atoms with Crippen LogP contribution in [0.15, 0.2) is 48.5 Å². The van der Waals surface area contributed by atoms with Gasteiger partial charge in [0.05, 0.1) is 16.9 Å². The molecule has 1 aromatic heterocycles. The molecule has 172 valence electrons. The summed E-state index contributed by atoms with van der Waals surface area (Å²) in [6, 6.07) is 14.4. The third-order valence-corrected chi connectivity index (χ3v) is 5.30. The first-order valence-corrected chi connectivity index (χ1v) is 10.9. The molecule has 0 aliphatic carbocycles. The van der Waals surface area contributed by atoms with E-state index in [0.717, 1.165) is 22.8 Å². The lowest BCUT2D eigenvalue weighted by Gasteiger charge is -2.20. The Hall–Kier alpha value is -3.94. The molecular weight excluding hydrogens is 420 g/mol. The predicted octanol–water partition coefficient (Wildman–Crippen LogP) is 4.65. The van der Waals surface area contributed by atoms with Crippen LogP contribution in [0, 0.1) is 13.8 Å². The van der Waals surface area contributed by atoms with Crippen molar-refractivity contribution >= 4 is 23.3 Å². The van der Waals surface area contributed by atoms with E-state index in [2.05, 4.69) is 16.0 Å². The zero-order valence-corrected chi connectivity index (χ0v) is 19.2. The maximum absolute atomic E-state index is 13.2. The number of nitrogens with one attached hydrogen (secondary N) is 3. The number of hydrogen-bond acceptors (Lipinski definition) is 4. The molecule has 2 heterocycles. The van der Waals surface area contributed by atoms with Gasteiger partial charge < -0.3 is 30.0 Å². The normalized spacial score (nSPS) is 12.4. The maximum Gasteiger partial charge on any atom is 0.319 e. The number of benzene rings is 2. The molecular formula is C25H28N4O4. The average Bonchev–Trinajstić information content (AvgIpc) is 3.08. The molecule has 0 bridgehead atoms. The van der Waals surface area contributed by atoms with Gasteiger partial charge in [-0.2, -0.15) is 0 Å². The fourth-order valence-corrected chi connectivity index (χ4v) is 3.87. The zero-order chi connectivity index (χ0) is 23.5. The summed E-state index contributed by atoms with van der Waals surface area (Å²) >= 11 is 0. The second kappa shape index (κ2) is 9.28. The van der Waals surface area contributed by atoms with Gasteiger partial charge >= 0.3 is 6.03 Å². The minimum atomic E-state index is -0.330. The van der Waals surface area contributed by atoms with Gasteiger partial charge in [0.2, 0.25) is 0 Å². The van der Waals surface area contributed by atoms with Crippen LogP contribution in [0.25, 0.3) is 5.69 Å². The van der Waals surface area contributed by atoms with Crippen LogP contribution in [0.3, 0.4) is 0 Å². The van der Waals surface area contributed by atoms with Crippen molar-refractivity contribution < 1.29 is 19.1 Å². The number of rotatable bonds is 5. The van der Waals surface area contributed by atoms with Crippen LogP contribution in [0.2, 0.25) is 0 Å². The molecule has 1 aliphatic heterocycles. The van der Waals surface area contributed by atoms with Crippen molar-refractivity contribution in [1.82, 2.24) is 9.88 Å². The van der Waals surface area contributed by atoms with Crippen LogP contribution in [0.1, 0.15) is 35.6 Å². The number of para-hydroxylation sites is 2. The lowest BCUT2D eigenvalue weighted by atomic mass is 10.2. The van der Waals surface area contributed by atoms with E-state index in [9.17, 15) is 9.59 Å². The molecule has 8 heteroatoms. The second-order valence-corrected chi connectivity index (χ2v) is 8.20. The van der Waals surface area contributed by atoms with Gasteiger partial charge in [0.15, 0.2) is 11.5 Å². The highest BCUT2D eigenvalue weighted by Crippen LogP contribution is 2.33. The molecule has 0 fully saturated rings. The smallest absolute Gasteiger partial charge is 0.319 e. The molecule has 4 rings (SSSR count). The monoisotopic (exact) mass is 448 g/mol. The van der Waals surface area contributed by atoms with Crippen molar-refractivity contribution in [2.24, 2.45) is 0 Å². The van der Waals surface area contributed by atoms with Crippen molar-refractivity contribution in [2.75, 3.05) is 23.8 Å². The van der Waals surface area contributed by atoms with Crippen LogP contribution in [-0.4, -0.2) is 35.8 Å². The van der Waals surface area contributed by atoms with E-state index in [0.29, 0.717) is 35.9 Å². The number of nitrogens with zero attached hydrogens (tertiary/aromatic N) is 1. The highest BCUT2D eigenvalue weighted by Gasteiger charge is 2.20. The molecule has 3 amide bonds. The Labute approximate surface area is 192 Å². The van der Waals surface area contributed by atoms with E-state index in [1.807, 2.05) is 56.5 Å². The summed E-state index contributed by atoms with van der Waals surface area (Å²) in [6.07, 6.45) is 0. The largest absolute Gasteiger partial charge is 0.486 e.